The fraction of sp³-hybridized carbons (Fsp3) is 0.0526. The third-order valence-electron chi connectivity index (χ3n) is 3.78. The van der Waals surface area contributed by atoms with Crippen molar-refractivity contribution < 1.29 is 14.5 Å². The van der Waals surface area contributed by atoms with Crippen LogP contribution in [-0.4, -0.2) is 21.0 Å². The van der Waals surface area contributed by atoms with Crippen molar-refractivity contribution in [3.05, 3.63) is 91.9 Å². The zero-order valence-corrected chi connectivity index (χ0v) is 15.4. The minimum absolute atomic E-state index is 0.0165. The predicted molar refractivity (Wildman–Crippen MR) is 105 cm³/mol. The number of imide groups is 1. The first-order valence-electron chi connectivity index (χ1n) is 7.85. The van der Waals surface area contributed by atoms with E-state index in [9.17, 15) is 19.7 Å². The first-order valence-corrected chi connectivity index (χ1v) is 9.05. The van der Waals surface area contributed by atoms with Crippen molar-refractivity contribution in [2.75, 3.05) is 0 Å². The Bertz CT molecular complexity index is 987. The van der Waals surface area contributed by atoms with Crippen LogP contribution in [0.25, 0.3) is 6.08 Å². The number of rotatable bonds is 5. The Morgan fingerprint density at radius 3 is 2.67 bits per heavy atom. The molecular formula is C19H13ClN2O4S. The molecule has 0 bridgehead atoms. The van der Waals surface area contributed by atoms with Crippen LogP contribution in [0.15, 0.2) is 65.6 Å². The zero-order valence-electron chi connectivity index (χ0n) is 13.9. The van der Waals surface area contributed by atoms with Crippen LogP contribution in [-0.2, 0) is 11.3 Å². The second kappa shape index (κ2) is 8.20. The number of non-ortho nitro benzene ring substituents is 1. The molecular weight excluding hydrogens is 388 g/mol. The highest BCUT2D eigenvalue weighted by Crippen LogP contribution is 2.32. The molecule has 0 radical (unpaired) electrons. The molecule has 0 aliphatic carbocycles. The molecule has 136 valence electrons. The quantitative estimate of drug-likeness (QED) is 0.399. The van der Waals surface area contributed by atoms with Gasteiger partial charge in [-0.05, 0) is 35.0 Å². The lowest BCUT2D eigenvalue weighted by molar-refractivity contribution is -0.384. The second-order valence-electron chi connectivity index (χ2n) is 5.59. The van der Waals surface area contributed by atoms with Gasteiger partial charge in [-0.3, -0.25) is 24.6 Å². The number of hydrogen-bond acceptors (Lipinski definition) is 5. The van der Waals surface area contributed by atoms with Crippen molar-refractivity contribution in [3.8, 4) is 0 Å². The van der Waals surface area contributed by atoms with Gasteiger partial charge in [0, 0.05) is 17.2 Å². The molecule has 6 nitrogen and oxygen atoms in total. The fourth-order valence-electron chi connectivity index (χ4n) is 2.44. The Morgan fingerprint density at radius 1 is 1.15 bits per heavy atom. The van der Waals surface area contributed by atoms with Crippen LogP contribution in [0.2, 0.25) is 5.02 Å². The van der Waals surface area contributed by atoms with Gasteiger partial charge in [-0.25, -0.2) is 0 Å². The Labute approximate surface area is 164 Å². The Morgan fingerprint density at radius 2 is 1.93 bits per heavy atom. The van der Waals surface area contributed by atoms with Crippen LogP contribution in [0.4, 0.5) is 10.5 Å². The minimum atomic E-state index is -0.475. The molecule has 1 heterocycles. The molecule has 0 N–H and O–H groups in total. The maximum absolute atomic E-state index is 12.5. The molecule has 0 saturated carbocycles. The number of nitro groups is 1. The van der Waals surface area contributed by atoms with Crippen molar-refractivity contribution in [1.82, 2.24) is 4.90 Å². The maximum atomic E-state index is 12.5. The summed E-state index contributed by atoms with van der Waals surface area (Å²) in [6, 6.07) is 13.1. The number of benzene rings is 2. The molecule has 2 aromatic rings. The summed E-state index contributed by atoms with van der Waals surface area (Å²) in [5, 5.41) is 10.9. The molecule has 8 heteroatoms. The summed E-state index contributed by atoms with van der Waals surface area (Å²) in [6.07, 6.45) is 4.75. The van der Waals surface area contributed by atoms with Crippen LogP contribution in [0, 0.1) is 10.1 Å². The number of carbonyl (C=O) groups excluding carboxylic acids is 2. The summed E-state index contributed by atoms with van der Waals surface area (Å²) in [4.78, 5) is 36.4. The SMILES string of the molecule is O=C1S/C(=C\C=C\c2cccc([N+](=O)[O-])c2)C(=O)N1Cc1ccccc1Cl. The highest BCUT2D eigenvalue weighted by molar-refractivity contribution is 8.18. The van der Waals surface area contributed by atoms with Crippen LogP contribution in [0.1, 0.15) is 11.1 Å². The highest BCUT2D eigenvalue weighted by Gasteiger charge is 2.34. The van der Waals surface area contributed by atoms with E-state index in [1.165, 1.54) is 18.2 Å². The van der Waals surface area contributed by atoms with Crippen molar-refractivity contribution in [1.29, 1.82) is 0 Å². The van der Waals surface area contributed by atoms with Gasteiger partial charge in [0.25, 0.3) is 16.8 Å². The number of nitrogens with zero attached hydrogens (tertiary/aromatic N) is 2. The molecule has 0 unspecified atom stereocenters. The lowest BCUT2D eigenvalue weighted by Gasteiger charge is -2.13. The molecule has 1 saturated heterocycles. The highest BCUT2D eigenvalue weighted by atomic mass is 35.5. The smallest absolute Gasteiger partial charge is 0.268 e. The monoisotopic (exact) mass is 400 g/mol. The minimum Gasteiger partial charge on any atom is -0.268 e. The molecule has 2 amide bonds. The molecule has 0 aromatic heterocycles. The van der Waals surface area contributed by atoms with Gasteiger partial charge >= 0.3 is 0 Å². The third-order valence-corrected chi connectivity index (χ3v) is 5.07. The summed E-state index contributed by atoms with van der Waals surface area (Å²) < 4.78 is 0. The first-order chi connectivity index (χ1) is 13.0. The van der Waals surface area contributed by atoms with Crippen LogP contribution >= 0.6 is 23.4 Å². The topological polar surface area (TPSA) is 80.5 Å². The van der Waals surface area contributed by atoms with Gasteiger partial charge in [0.05, 0.1) is 16.4 Å². The van der Waals surface area contributed by atoms with Crippen molar-refractivity contribution in [3.63, 3.8) is 0 Å². The Balaban J connectivity index is 1.73. The van der Waals surface area contributed by atoms with E-state index in [-0.39, 0.29) is 22.4 Å². The summed E-state index contributed by atoms with van der Waals surface area (Å²) >= 11 is 6.94. The fourth-order valence-corrected chi connectivity index (χ4v) is 3.42. The van der Waals surface area contributed by atoms with Crippen LogP contribution in [0.3, 0.4) is 0 Å². The number of hydrogen-bond donors (Lipinski definition) is 0. The molecule has 1 fully saturated rings. The Hall–Kier alpha value is -2.90. The standard InChI is InChI=1S/C19H13ClN2O4S/c20-16-9-2-1-7-14(16)12-21-18(23)17(27-19(21)24)10-4-6-13-5-3-8-15(11-13)22(25)26/h1-11H,12H2/b6-4+,17-10-. The largest absolute Gasteiger partial charge is 0.293 e. The summed E-state index contributed by atoms with van der Waals surface area (Å²) in [6.45, 7) is 0.107. The van der Waals surface area contributed by atoms with Crippen molar-refractivity contribution >= 4 is 46.3 Å². The second-order valence-corrected chi connectivity index (χ2v) is 6.99. The number of thioether (sulfide) groups is 1. The molecule has 27 heavy (non-hydrogen) atoms. The van der Waals surface area contributed by atoms with Gasteiger partial charge in [-0.15, -0.1) is 0 Å². The van der Waals surface area contributed by atoms with E-state index < -0.39 is 10.8 Å². The van der Waals surface area contributed by atoms with E-state index >= 15 is 0 Å². The molecule has 0 spiro atoms. The van der Waals surface area contributed by atoms with E-state index in [1.807, 2.05) is 0 Å². The predicted octanol–water partition coefficient (Wildman–Crippen LogP) is 5.04. The summed E-state index contributed by atoms with van der Waals surface area (Å²) in [7, 11) is 0. The van der Waals surface area contributed by atoms with E-state index in [0.29, 0.717) is 16.1 Å². The van der Waals surface area contributed by atoms with Crippen LogP contribution in [0.5, 0.6) is 0 Å². The van der Waals surface area contributed by atoms with Gasteiger partial charge in [0.1, 0.15) is 0 Å². The Kier molecular flexibility index (Phi) is 5.73. The van der Waals surface area contributed by atoms with Gasteiger partial charge < -0.3 is 0 Å². The van der Waals surface area contributed by atoms with Gasteiger partial charge in [0.15, 0.2) is 0 Å². The zero-order chi connectivity index (χ0) is 19.4. The number of carbonyl (C=O) groups is 2. The number of nitro benzene ring substituents is 1. The average molecular weight is 401 g/mol. The normalized spacial score (nSPS) is 15.9. The molecule has 1 aliphatic rings. The number of amides is 2. The lowest BCUT2D eigenvalue weighted by Crippen LogP contribution is -2.27. The van der Waals surface area contributed by atoms with E-state index in [1.54, 1.807) is 48.6 Å². The van der Waals surface area contributed by atoms with Crippen molar-refractivity contribution in [2.45, 2.75) is 6.54 Å². The van der Waals surface area contributed by atoms with E-state index in [0.717, 1.165) is 16.7 Å². The first kappa shape index (κ1) is 18.9. The maximum Gasteiger partial charge on any atom is 0.293 e. The van der Waals surface area contributed by atoms with Gasteiger partial charge in [-0.2, -0.15) is 0 Å². The van der Waals surface area contributed by atoms with Gasteiger partial charge in [0.2, 0.25) is 0 Å². The number of allylic oxidation sites excluding steroid dienone is 2. The molecule has 0 atom stereocenters. The summed E-state index contributed by atoms with van der Waals surface area (Å²) in [5.74, 6) is -0.395. The average Bonchev–Trinajstić information content (AvgIpc) is 2.91. The molecule has 1 aliphatic heterocycles. The lowest BCUT2D eigenvalue weighted by atomic mass is 10.2. The van der Waals surface area contributed by atoms with Crippen LogP contribution < -0.4 is 0 Å². The van der Waals surface area contributed by atoms with Crippen molar-refractivity contribution in [2.24, 2.45) is 0 Å². The van der Waals surface area contributed by atoms with E-state index in [2.05, 4.69) is 0 Å². The summed E-state index contributed by atoms with van der Waals surface area (Å²) in [5.41, 5.74) is 1.29. The third kappa shape index (κ3) is 4.45. The molecule has 3 rings (SSSR count). The molecule has 2 aromatic carbocycles. The van der Waals surface area contributed by atoms with Gasteiger partial charge in [-0.1, -0.05) is 54.1 Å². The van der Waals surface area contributed by atoms with E-state index in [4.69, 9.17) is 11.6 Å². The number of halogens is 1.